The monoisotopic (exact) mass is 412 g/mol. The van der Waals surface area contributed by atoms with E-state index in [9.17, 15) is 4.79 Å². The van der Waals surface area contributed by atoms with Crippen LogP contribution >= 0.6 is 0 Å². The number of unbranched alkanes of at least 4 members (excludes halogenated alkanes) is 8. The summed E-state index contributed by atoms with van der Waals surface area (Å²) < 4.78 is 5.61. The lowest BCUT2D eigenvalue weighted by atomic mass is 10.0. The van der Waals surface area contributed by atoms with Crippen LogP contribution in [0.3, 0.4) is 0 Å². The Labute approximate surface area is 185 Å². The van der Waals surface area contributed by atoms with E-state index in [0.29, 0.717) is 6.42 Å². The van der Waals surface area contributed by atoms with E-state index in [2.05, 4.69) is 63.3 Å². The highest BCUT2D eigenvalue weighted by Gasteiger charge is 2.12. The average Bonchev–Trinajstić information content (AvgIpc) is 2.70. The molecule has 2 nitrogen and oxygen atoms in total. The average molecular weight is 413 g/mol. The molecule has 168 valence electrons. The molecule has 0 saturated heterocycles. The Morgan fingerprint density at radius 1 is 0.833 bits per heavy atom. The van der Waals surface area contributed by atoms with Gasteiger partial charge in [-0.05, 0) is 64.9 Å². The molecule has 0 N–H and O–H groups in total. The number of aryl methyl sites for hydroxylation is 2. The van der Waals surface area contributed by atoms with Crippen molar-refractivity contribution in [1.29, 1.82) is 0 Å². The van der Waals surface area contributed by atoms with Gasteiger partial charge in [0.1, 0.15) is 6.10 Å². The molecular formula is C28H44O2. The molecule has 2 heteroatoms. The van der Waals surface area contributed by atoms with Gasteiger partial charge in [-0.15, -0.1) is 0 Å². The highest BCUT2D eigenvalue weighted by Crippen LogP contribution is 2.21. The molecule has 0 aliphatic carbocycles. The summed E-state index contributed by atoms with van der Waals surface area (Å²) in [5, 5.41) is 0. The largest absolute Gasteiger partial charge is 0.458 e. The van der Waals surface area contributed by atoms with Crippen molar-refractivity contribution in [3.05, 3.63) is 59.2 Å². The summed E-state index contributed by atoms with van der Waals surface area (Å²) >= 11 is 0. The van der Waals surface area contributed by atoms with E-state index in [4.69, 9.17) is 4.74 Å². The normalized spacial score (nSPS) is 12.7. The third-order valence-corrected chi connectivity index (χ3v) is 5.35. The van der Waals surface area contributed by atoms with Crippen molar-refractivity contribution in [1.82, 2.24) is 0 Å². The maximum atomic E-state index is 12.1. The van der Waals surface area contributed by atoms with Crippen LogP contribution in [-0.4, -0.2) is 5.97 Å². The second-order valence-electron chi connectivity index (χ2n) is 8.53. The Morgan fingerprint density at radius 3 is 2.03 bits per heavy atom. The number of rotatable bonds is 16. The Balaban J connectivity index is 2.00. The second kappa shape index (κ2) is 16.9. The Morgan fingerprint density at radius 2 is 1.40 bits per heavy atom. The fraction of sp³-hybridized carbons (Fsp3) is 0.607. The van der Waals surface area contributed by atoms with E-state index in [0.717, 1.165) is 24.8 Å². The van der Waals surface area contributed by atoms with Crippen LogP contribution in [0.5, 0.6) is 0 Å². The molecule has 0 amide bonds. The standard InChI is InChI=1S/C28H44O2/c1-5-6-7-8-9-10-11-12-13-14-15-16-17-18-19-20-28(29)30-26(4)27-22-24(2)21-25(3)23-27/h9-10,12-13,21-23,26H,5-8,11,14-20H2,1-4H3/b10-9-,13-12-. The van der Waals surface area contributed by atoms with Crippen molar-refractivity contribution in [2.24, 2.45) is 0 Å². The Kier molecular flexibility index (Phi) is 14.8. The molecule has 0 aliphatic heterocycles. The van der Waals surface area contributed by atoms with E-state index in [1.54, 1.807) is 0 Å². The van der Waals surface area contributed by atoms with Gasteiger partial charge in [-0.2, -0.15) is 0 Å². The van der Waals surface area contributed by atoms with Gasteiger partial charge in [-0.25, -0.2) is 0 Å². The van der Waals surface area contributed by atoms with Crippen LogP contribution in [0, 0.1) is 13.8 Å². The van der Waals surface area contributed by atoms with Crippen LogP contribution in [0.15, 0.2) is 42.5 Å². The smallest absolute Gasteiger partial charge is 0.306 e. The van der Waals surface area contributed by atoms with Gasteiger partial charge in [0.05, 0.1) is 0 Å². The first kappa shape index (κ1) is 26.2. The quantitative estimate of drug-likeness (QED) is 0.154. The molecule has 0 radical (unpaired) electrons. The van der Waals surface area contributed by atoms with Crippen LogP contribution in [0.4, 0.5) is 0 Å². The Bertz CT molecular complexity index is 622. The van der Waals surface area contributed by atoms with Gasteiger partial charge < -0.3 is 4.74 Å². The maximum Gasteiger partial charge on any atom is 0.306 e. The van der Waals surface area contributed by atoms with E-state index < -0.39 is 0 Å². The molecule has 0 aromatic heterocycles. The molecular weight excluding hydrogens is 368 g/mol. The van der Waals surface area contributed by atoms with Crippen molar-refractivity contribution >= 4 is 5.97 Å². The zero-order chi connectivity index (χ0) is 22.0. The van der Waals surface area contributed by atoms with Gasteiger partial charge in [0.15, 0.2) is 0 Å². The fourth-order valence-corrected chi connectivity index (χ4v) is 3.65. The Hall–Kier alpha value is -1.83. The molecule has 0 aliphatic rings. The van der Waals surface area contributed by atoms with Crippen molar-refractivity contribution in [2.75, 3.05) is 0 Å². The molecule has 0 fully saturated rings. The summed E-state index contributed by atoms with van der Waals surface area (Å²) in [6.45, 7) is 8.36. The van der Waals surface area contributed by atoms with Crippen molar-refractivity contribution < 1.29 is 9.53 Å². The lowest BCUT2D eigenvalue weighted by Crippen LogP contribution is -2.09. The molecule has 1 aromatic carbocycles. The first-order chi connectivity index (χ1) is 14.5. The van der Waals surface area contributed by atoms with Crippen molar-refractivity contribution in [3.8, 4) is 0 Å². The highest BCUT2D eigenvalue weighted by molar-refractivity contribution is 5.69. The summed E-state index contributed by atoms with van der Waals surface area (Å²) in [5.41, 5.74) is 3.50. The van der Waals surface area contributed by atoms with E-state index in [1.807, 2.05) is 6.92 Å². The van der Waals surface area contributed by atoms with Crippen LogP contribution in [0.1, 0.15) is 114 Å². The minimum Gasteiger partial charge on any atom is -0.458 e. The topological polar surface area (TPSA) is 26.3 Å². The van der Waals surface area contributed by atoms with Gasteiger partial charge in [0.25, 0.3) is 0 Å². The molecule has 1 atom stereocenters. The molecule has 1 aromatic rings. The van der Waals surface area contributed by atoms with E-state index in [1.165, 1.54) is 62.5 Å². The fourth-order valence-electron chi connectivity index (χ4n) is 3.65. The van der Waals surface area contributed by atoms with E-state index >= 15 is 0 Å². The minimum atomic E-state index is -0.172. The van der Waals surface area contributed by atoms with Gasteiger partial charge in [0, 0.05) is 6.42 Å². The zero-order valence-electron chi connectivity index (χ0n) is 19.9. The molecule has 1 rings (SSSR count). The number of hydrogen-bond acceptors (Lipinski definition) is 2. The number of carbonyl (C=O) groups is 1. The molecule has 0 heterocycles. The summed E-state index contributed by atoms with van der Waals surface area (Å²) in [6.07, 6.45) is 22.7. The molecule has 0 saturated carbocycles. The maximum absolute atomic E-state index is 12.1. The summed E-state index contributed by atoms with van der Waals surface area (Å²) in [7, 11) is 0. The summed E-state index contributed by atoms with van der Waals surface area (Å²) in [5.74, 6) is -0.0765. The van der Waals surface area contributed by atoms with Crippen molar-refractivity contribution in [2.45, 2.75) is 111 Å². The predicted octanol–water partition coefficient (Wildman–Crippen LogP) is 8.72. The predicted molar refractivity (Wildman–Crippen MR) is 130 cm³/mol. The van der Waals surface area contributed by atoms with Crippen LogP contribution in [0.25, 0.3) is 0 Å². The van der Waals surface area contributed by atoms with Gasteiger partial charge in [-0.3, -0.25) is 4.79 Å². The summed E-state index contributed by atoms with van der Waals surface area (Å²) in [4.78, 5) is 12.1. The first-order valence-electron chi connectivity index (χ1n) is 12.1. The minimum absolute atomic E-state index is 0.0765. The molecule has 1 unspecified atom stereocenters. The number of hydrogen-bond donors (Lipinski definition) is 0. The van der Waals surface area contributed by atoms with Gasteiger partial charge in [-0.1, -0.05) is 92.7 Å². The van der Waals surface area contributed by atoms with Crippen LogP contribution in [0.2, 0.25) is 0 Å². The number of esters is 1. The van der Waals surface area contributed by atoms with Crippen LogP contribution < -0.4 is 0 Å². The molecule has 0 spiro atoms. The lowest BCUT2D eigenvalue weighted by Gasteiger charge is -2.15. The lowest BCUT2D eigenvalue weighted by molar-refractivity contribution is -0.148. The highest BCUT2D eigenvalue weighted by atomic mass is 16.5. The first-order valence-corrected chi connectivity index (χ1v) is 12.1. The molecule has 30 heavy (non-hydrogen) atoms. The molecule has 0 bridgehead atoms. The number of carbonyl (C=O) groups excluding carboxylic acids is 1. The summed E-state index contributed by atoms with van der Waals surface area (Å²) in [6, 6.07) is 6.34. The third-order valence-electron chi connectivity index (χ3n) is 5.35. The SMILES string of the molecule is CCCCC/C=C\C/C=C\CCCCCCCC(=O)OC(C)c1cc(C)cc(C)c1. The van der Waals surface area contributed by atoms with E-state index in [-0.39, 0.29) is 12.1 Å². The van der Waals surface area contributed by atoms with Crippen LogP contribution in [-0.2, 0) is 9.53 Å². The number of ether oxygens (including phenoxy) is 1. The van der Waals surface area contributed by atoms with Crippen molar-refractivity contribution in [3.63, 3.8) is 0 Å². The van der Waals surface area contributed by atoms with Gasteiger partial charge in [0.2, 0.25) is 0 Å². The number of benzene rings is 1. The number of allylic oxidation sites excluding steroid dienone is 4. The van der Waals surface area contributed by atoms with Gasteiger partial charge >= 0.3 is 5.97 Å². The third kappa shape index (κ3) is 13.4. The second-order valence-corrected chi connectivity index (χ2v) is 8.53. The zero-order valence-corrected chi connectivity index (χ0v) is 19.9.